The first-order chi connectivity index (χ1) is 6.88. The van der Waals surface area contributed by atoms with E-state index in [4.69, 9.17) is 11.6 Å². The molecular weight excluding hydrogens is 216 g/mol. The van der Waals surface area contributed by atoms with E-state index in [1.54, 1.807) is 11.3 Å². The lowest BCUT2D eigenvalue weighted by atomic mass is 9.83. The third-order valence-electron chi connectivity index (χ3n) is 2.72. The highest BCUT2D eigenvalue weighted by Crippen LogP contribution is 2.30. The fourth-order valence-electron chi connectivity index (χ4n) is 1.63. The predicted octanol–water partition coefficient (Wildman–Crippen LogP) is 3.05. The largest absolute Gasteiger partial charge is 0.144 e. The molecule has 4 heteroatoms. The molecule has 0 radical (unpaired) electrons. The Hall–Kier alpha value is -0.150. The third-order valence-corrected chi connectivity index (χ3v) is 3.99. The van der Waals surface area contributed by atoms with Crippen LogP contribution in [0, 0.1) is 5.92 Å². The molecule has 0 bridgehead atoms. The zero-order valence-corrected chi connectivity index (χ0v) is 9.78. The summed E-state index contributed by atoms with van der Waals surface area (Å²) < 4.78 is 0. The Kier molecular flexibility index (Phi) is 3.76. The number of aromatic nitrogens is 2. The molecule has 0 amide bonds. The van der Waals surface area contributed by atoms with E-state index in [2.05, 4.69) is 10.2 Å². The van der Waals surface area contributed by atoms with Gasteiger partial charge in [0.25, 0.3) is 0 Å². The van der Waals surface area contributed by atoms with Gasteiger partial charge in [-0.05, 0) is 12.3 Å². The minimum atomic E-state index is 0.720. The van der Waals surface area contributed by atoms with E-state index in [1.807, 2.05) is 0 Å². The topological polar surface area (TPSA) is 25.8 Å². The average molecular weight is 231 g/mol. The number of aryl methyl sites for hydroxylation is 1. The van der Waals surface area contributed by atoms with Gasteiger partial charge >= 0.3 is 0 Å². The minimum Gasteiger partial charge on any atom is -0.144 e. The van der Waals surface area contributed by atoms with Crippen molar-refractivity contribution in [2.24, 2.45) is 5.92 Å². The Morgan fingerprint density at radius 2 is 2.07 bits per heavy atom. The number of hydrogen-bond donors (Lipinski definition) is 0. The molecule has 78 valence electrons. The second kappa shape index (κ2) is 5.08. The van der Waals surface area contributed by atoms with Crippen molar-refractivity contribution in [3.8, 4) is 0 Å². The third kappa shape index (κ3) is 2.67. The second-order valence-corrected chi connectivity index (χ2v) is 5.41. The molecule has 0 N–H and O–H groups in total. The Morgan fingerprint density at radius 1 is 1.29 bits per heavy atom. The molecule has 2 rings (SSSR count). The maximum Gasteiger partial charge on any atom is 0.117 e. The van der Waals surface area contributed by atoms with Crippen LogP contribution in [0.5, 0.6) is 0 Å². The van der Waals surface area contributed by atoms with E-state index >= 15 is 0 Å². The summed E-state index contributed by atoms with van der Waals surface area (Å²) in [5, 5.41) is 10.8. The van der Waals surface area contributed by atoms with Gasteiger partial charge in [-0.15, -0.1) is 33.1 Å². The maximum atomic E-state index is 5.63. The Morgan fingerprint density at radius 3 is 2.71 bits per heavy atom. The van der Waals surface area contributed by atoms with Gasteiger partial charge < -0.3 is 0 Å². The lowest BCUT2D eigenvalue weighted by Gasteiger charge is -2.23. The highest BCUT2D eigenvalue weighted by atomic mass is 35.5. The molecule has 0 unspecified atom stereocenters. The van der Waals surface area contributed by atoms with Crippen LogP contribution in [0.4, 0.5) is 0 Å². The maximum absolute atomic E-state index is 5.63. The molecular formula is C10H15ClN2S. The van der Waals surface area contributed by atoms with Crippen molar-refractivity contribution in [1.82, 2.24) is 10.2 Å². The highest BCUT2D eigenvalue weighted by molar-refractivity contribution is 7.11. The van der Waals surface area contributed by atoms with Gasteiger partial charge in [-0.25, -0.2) is 0 Å². The number of nitrogens with zero attached hydrogens (tertiary/aromatic N) is 2. The summed E-state index contributed by atoms with van der Waals surface area (Å²) >= 11 is 7.40. The molecule has 1 aromatic rings. The van der Waals surface area contributed by atoms with Crippen molar-refractivity contribution in [2.45, 2.75) is 38.5 Å². The number of halogens is 1. The van der Waals surface area contributed by atoms with Crippen molar-refractivity contribution in [1.29, 1.82) is 0 Å². The van der Waals surface area contributed by atoms with Gasteiger partial charge in [-0.3, -0.25) is 0 Å². The fraction of sp³-hybridized carbons (Fsp3) is 0.800. The molecule has 0 spiro atoms. The van der Waals surface area contributed by atoms with Crippen LogP contribution >= 0.6 is 22.9 Å². The minimum absolute atomic E-state index is 0.720. The molecule has 14 heavy (non-hydrogen) atoms. The van der Waals surface area contributed by atoms with Crippen molar-refractivity contribution < 1.29 is 0 Å². The Labute approximate surface area is 93.7 Å². The molecule has 1 aliphatic carbocycles. The zero-order chi connectivity index (χ0) is 9.80. The fourth-order valence-corrected chi connectivity index (χ4v) is 2.77. The summed E-state index contributed by atoms with van der Waals surface area (Å²) in [5.41, 5.74) is 0. The first-order valence-electron chi connectivity index (χ1n) is 5.25. The van der Waals surface area contributed by atoms with Crippen molar-refractivity contribution in [3.63, 3.8) is 0 Å². The molecule has 0 atom stereocenters. The molecule has 0 aromatic carbocycles. The molecule has 2 nitrogen and oxygen atoms in total. The lowest BCUT2D eigenvalue weighted by Crippen LogP contribution is -2.13. The quantitative estimate of drug-likeness (QED) is 0.727. The van der Waals surface area contributed by atoms with Crippen molar-refractivity contribution in [3.05, 3.63) is 10.0 Å². The zero-order valence-electron chi connectivity index (χ0n) is 8.21. The second-order valence-electron chi connectivity index (χ2n) is 3.88. The first-order valence-corrected chi connectivity index (χ1v) is 6.61. The number of hydrogen-bond acceptors (Lipinski definition) is 3. The Bertz CT molecular complexity index is 283. The van der Waals surface area contributed by atoms with Crippen LogP contribution in [-0.4, -0.2) is 16.1 Å². The van der Waals surface area contributed by atoms with Gasteiger partial charge in [-0.1, -0.05) is 19.3 Å². The number of alkyl halides is 1. The van der Waals surface area contributed by atoms with E-state index in [1.165, 1.54) is 24.3 Å². The summed E-state index contributed by atoms with van der Waals surface area (Å²) in [6.45, 7) is 0. The molecule has 1 aliphatic rings. The predicted molar refractivity (Wildman–Crippen MR) is 60.0 cm³/mol. The van der Waals surface area contributed by atoms with Crippen LogP contribution in [0.25, 0.3) is 0 Å². The smallest absolute Gasteiger partial charge is 0.117 e. The van der Waals surface area contributed by atoms with E-state index in [0.717, 1.165) is 36.1 Å². The highest BCUT2D eigenvalue weighted by Gasteiger charge is 2.19. The van der Waals surface area contributed by atoms with Gasteiger partial charge in [0.1, 0.15) is 10.0 Å². The van der Waals surface area contributed by atoms with Gasteiger partial charge in [0.15, 0.2) is 0 Å². The van der Waals surface area contributed by atoms with Crippen LogP contribution in [0.15, 0.2) is 0 Å². The molecule has 1 saturated carbocycles. The SMILES string of the molecule is ClCCCc1nnc(CC2CCC2)s1. The molecule has 1 fully saturated rings. The van der Waals surface area contributed by atoms with Gasteiger partial charge in [0.05, 0.1) is 0 Å². The van der Waals surface area contributed by atoms with E-state index < -0.39 is 0 Å². The van der Waals surface area contributed by atoms with Crippen molar-refractivity contribution >= 4 is 22.9 Å². The van der Waals surface area contributed by atoms with Crippen LogP contribution in [0.3, 0.4) is 0 Å². The molecule has 0 aliphatic heterocycles. The molecule has 0 saturated heterocycles. The summed E-state index contributed by atoms with van der Waals surface area (Å²) in [7, 11) is 0. The van der Waals surface area contributed by atoms with E-state index in [9.17, 15) is 0 Å². The summed E-state index contributed by atoms with van der Waals surface area (Å²) in [6, 6.07) is 0. The Balaban J connectivity index is 1.82. The first kappa shape index (κ1) is 10.4. The lowest BCUT2D eigenvalue weighted by molar-refractivity contribution is 0.313. The average Bonchev–Trinajstić information content (AvgIpc) is 2.56. The van der Waals surface area contributed by atoms with E-state index in [-0.39, 0.29) is 0 Å². The van der Waals surface area contributed by atoms with Crippen LogP contribution in [0.2, 0.25) is 0 Å². The van der Waals surface area contributed by atoms with Crippen LogP contribution in [0.1, 0.15) is 35.7 Å². The van der Waals surface area contributed by atoms with Gasteiger partial charge in [-0.2, -0.15) is 0 Å². The standard InChI is InChI=1S/C10H15ClN2S/c11-6-2-5-9-12-13-10(14-9)7-8-3-1-4-8/h8H,1-7H2. The number of rotatable bonds is 5. The molecule has 1 heterocycles. The summed E-state index contributed by atoms with van der Waals surface area (Å²) in [5.74, 6) is 1.61. The summed E-state index contributed by atoms with van der Waals surface area (Å²) in [4.78, 5) is 0. The van der Waals surface area contributed by atoms with Gasteiger partial charge in [0, 0.05) is 18.7 Å². The van der Waals surface area contributed by atoms with Crippen LogP contribution in [-0.2, 0) is 12.8 Å². The van der Waals surface area contributed by atoms with E-state index in [0.29, 0.717) is 0 Å². The van der Waals surface area contributed by atoms with Crippen LogP contribution < -0.4 is 0 Å². The van der Waals surface area contributed by atoms with Crippen molar-refractivity contribution in [2.75, 3.05) is 5.88 Å². The molecule has 1 aromatic heterocycles. The normalized spacial score (nSPS) is 16.9. The van der Waals surface area contributed by atoms with Gasteiger partial charge in [0.2, 0.25) is 0 Å². The summed E-state index contributed by atoms with van der Waals surface area (Å²) in [6.07, 6.45) is 7.33. The monoisotopic (exact) mass is 230 g/mol.